The van der Waals surface area contributed by atoms with Crippen molar-refractivity contribution in [1.82, 2.24) is 0 Å². The van der Waals surface area contributed by atoms with Crippen molar-refractivity contribution in [2.24, 2.45) is 0 Å². The van der Waals surface area contributed by atoms with Gasteiger partial charge in [0.1, 0.15) is 0 Å². The molecule has 1 fully saturated rings. The van der Waals surface area contributed by atoms with E-state index >= 15 is 0 Å². The van der Waals surface area contributed by atoms with Crippen LogP contribution in [-0.2, 0) is 4.74 Å². The highest BCUT2D eigenvalue weighted by molar-refractivity contribution is 7.99. The summed E-state index contributed by atoms with van der Waals surface area (Å²) in [5.74, 6) is 2.18. The fourth-order valence-corrected chi connectivity index (χ4v) is 2.35. The molecule has 0 aromatic heterocycles. The maximum Gasteiger partial charge on any atom is 0.0665 e. The van der Waals surface area contributed by atoms with Crippen LogP contribution < -0.4 is 0 Å². The van der Waals surface area contributed by atoms with E-state index in [-0.39, 0.29) is 0 Å². The van der Waals surface area contributed by atoms with Gasteiger partial charge in [-0.2, -0.15) is 11.8 Å². The summed E-state index contributed by atoms with van der Waals surface area (Å²) in [5.41, 5.74) is 0. The van der Waals surface area contributed by atoms with Crippen LogP contribution in [0.2, 0.25) is 0 Å². The lowest BCUT2D eigenvalue weighted by Crippen LogP contribution is -2.21. The Bertz CT molecular complexity index is 103. The van der Waals surface area contributed by atoms with Gasteiger partial charge in [0.05, 0.1) is 6.10 Å². The Hall–Kier alpha value is 0.270. The first-order chi connectivity index (χ1) is 5.93. The SMILES string of the molecule is OCCCSCC1CCCCO1. The maximum atomic E-state index is 8.56. The van der Waals surface area contributed by atoms with Crippen LogP contribution >= 0.6 is 11.8 Å². The van der Waals surface area contributed by atoms with Crippen LogP contribution in [0.3, 0.4) is 0 Å². The molecule has 1 atom stereocenters. The average Bonchev–Trinajstić information content (AvgIpc) is 2.14. The molecule has 0 aromatic carbocycles. The molecule has 0 saturated carbocycles. The number of thioether (sulfide) groups is 1. The van der Waals surface area contributed by atoms with Crippen molar-refractivity contribution in [3.05, 3.63) is 0 Å². The monoisotopic (exact) mass is 190 g/mol. The van der Waals surface area contributed by atoms with Crippen molar-refractivity contribution >= 4 is 11.8 Å². The van der Waals surface area contributed by atoms with Gasteiger partial charge in [0.15, 0.2) is 0 Å². The van der Waals surface area contributed by atoms with E-state index in [2.05, 4.69) is 0 Å². The topological polar surface area (TPSA) is 29.5 Å². The molecule has 72 valence electrons. The molecule has 1 aliphatic rings. The molecular weight excluding hydrogens is 172 g/mol. The molecule has 0 aliphatic carbocycles. The van der Waals surface area contributed by atoms with Crippen LogP contribution in [0.15, 0.2) is 0 Å². The lowest BCUT2D eigenvalue weighted by Gasteiger charge is -2.21. The van der Waals surface area contributed by atoms with Crippen LogP contribution in [0.25, 0.3) is 0 Å². The molecule has 2 nitrogen and oxygen atoms in total. The molecule has 1 aliphatic heterocycles. The predicted molar refractivity (Wildman–Crippen MR) is 52.6 cm³/mol. The predicted octanol–water partition coefficient (Wildman–Crippen LogP) is 1.67. The fraction of sp³-hybridized carbons (Fsp3) is 1.00. The van der Waals surface area contributed by atoms with Crippen molar-refractivity contribution in [3.63, 3.8) is 0 Å². The van der Waals surface area contributed by atoms with E-state index in [1.54, 1.807) is 0 Å². The van der Waals surface area contributed by atoms with Crippen molar-refractivity contribution in [2.75, 3.05) is 24.7 Å². The van der Waals surface area contributed by atoms with Crippen molar-refractivity contribution in [1.29, 1.82) is 0 Å². The Morgan fingerprint density at radius 3 is 3.00 bits per heavy atom. The molecule has 3 heteroatoms. The zero-order chi connectivity index (χ0) is 8.65. The highest BCUT2D eigenvalue weighted by atomic mass is 32.2. The summed E-state index contributed by atoms with van der Waals surface area (Å²) in [6, 6.07) is 0. The molecule has 1 rings (SSSR count). The number of hydrogen-bond donors (Lipinski definition) is 1. The van der Waals surface area contributed by atoms with Gasteiger partial charge in [0.25, 0.3) is 0 Å². The minimum Gasteiger partial charge on any atom is -0.396 e. The summed E-state index contributed by atoms with van der Waals surface area (Å²) in [5, 5.41) is 8.56. The first-order valence-corrected chi connectivity index (χ1v) is 5.89. The molecule has 1 saturated heterocycles. The van der Waals surface area contributed by atoms with Gasteiger partial charge in [-0.15, -0.1) is 0 Å². The Balaban J connectivity index is 1.91. The summed E-state index contributed by atoms with van der Waals surface area (Å²) >= 11 is 1.90. The number of aliphatic hydroxyl groups excluding tert-OH is 1. The molecule has 1 N–H and O–H groups in total. The number of hydrogen-bond acceptors (Lipinski definition) is 3. The third-order valence-electron chi connectivity index (χ3n) is 2.02. The molecule has 12 heavy (non-hydrogen) atoms. The third kappa shape index (κ3) is 4.33. The Kier molecular flexibility index (Phi) is 5.82. The summed E-state index contributed by atoms with van der Waals surface area (Å²) in [6.07, 6.45) is 5.19. The maximum absolute atomic E-state index is 8.56. The van der Waals surface area contributed by atoms with Gasteiger partial charge in [-0.3, -0.25) is 0 Å². The zero-order valence-corrected chi connectivity index (χ0v) is 8.31. The van der Waals surface area contributed by atoms with E-state index in [4.69, 9.17) is 9.84 Å². The summed E-state index contributed by atoms with van der Waals surface area (Å²) < 4.78 is 5.57. The molecule has 0 amide bonds. The van der Waals surface area contributed by atoms with E-state index in [0.717, 1.165) is 24.5 Å². The van der Waals surface area contributed by atoms with Crippen LogP contribution in [-0.4, -0.2) is 35.9 Å². The van der Waals surface area contributed by atoms with Gasteiger partial charge >= 0.3 is 0 Å². The van der Waals surface area contributed by atoms with Crippen molar-refractivity contribution < 1.29 is 9.84 Å². The molecule has 0 radical (unpaired) electrons. The van der Waals surface area contributed by atoms with Gasteiger partial charge in [-0.1, -0.05) is 0 Å². The van der Waals surface area contributed by atoms with Gasteiger partial charge in [0, 0.05) is 19.0 Å². The smallest absolute Gasteiger partial charge is 0.0665 e. The zero-order valence-electron chi connectivity index (χ0n) is 7.50. The summed E-state index contributed by atoms with van der Waals surface area (Å²) in [4.78, 5) is 0. The number of ether oxygens (including phenoxy) is 1. The molecular formula is C9H18O2S. The quantitative estimate of drug-likeness (QED) is 0.669. The van der Waals surface area contributed by atoms with E-state index < -0.39 is 0 Å². The first kappa shape index (κ1) is 10.4. The summed E-state index contributed by atoms with van der Waals surface area (Å²) in [6.45, 7) is 1.27. The van der Waals surface area contributed by atoms with Crippen molar-refractivity contribution in [2.45, 2.75) is 31.8 Å². The second-order valence-corrected chi connectivity index (χ2v) is 4.29. The van der Waals surface area contributed by atoms with Crippen LogP contribution in [0.4, 0.5) is 0 Å². The molecule has 1 unspecified atom stereocenters. The second kappa shape index (κ2) is 6.75. The number of rotatable bonds is 5. The minimum atomic E-state index is 0.318. The lowest BCUT2D eigenvalue weighted by atomic mass is 10.1. The fourth-order valence-electron chi connectivity index (χ4n) is 1.32. The van der Waals surface area contributed by atoms with Crippen molar-refractivity contribution in [3.8, 4) is 0 Å². The van der Waals surface area contributed by atoms with E-state index in [1.807, 2.05) is 11.8 Å². The standard InChI is InChI=1S/C9H18O2S/c10-5-3-7-12-8-9-4-1-2-6-11-9/h9-10H,1-8H2. The largest absolute Gasteiger partial charge is 0.396 e. The third-order valence-corrected chi connectivity index (χ3v) is 3.21. The van der Waals surface area contributed by atoms with Gasteiger partial charge in [-0.05, 0) is 31.4 Å². The Morgan fingerprint density at radius 2 is 2.33 bits per heavy atom. The number of aliphatic hydroxyl groups is 1. The van der Waals surface area contributed by atoms with E-state index in [9.17, 15) is 0 Å². The minimum absolute atomic E-state index is 0.318. The molecule has 0 spiro atoms. The highest BCUT2D eigenvalue weighted by Gasteiger charge is 2.12. The Labute approximate surface area is 78.7 Å². The summed E-state index contributed by atoms with van der Waals surface area (Å²) in [7, 11) is 0. The second-order valence-electron chi connectivity index (χ2n) is 3.14. The lowest BCUT2D eigenvalue weighted by molar-refractivity contribution is 0.0315. The highest BCUT2D eigenvalue weighted by Crippen LogP contribution is 2.17. The van der Waals surface area contributed by atoms with E-state index in [1.165, 1.54) is 19.3 Å². The molecule has 0 aromatic rings. The van der Waals surface area contributed by atoms with Crippen LogP contribution in [0.1, 0.15) is 25.7 Å². The van der Waals surface area contributed by atoms with Gasteiger partial charge in [-0.25, -0.2) is 0 Å². The normalized spacial score (nSPS) is 24.2. The van der Waals surface area contributed by atoms with Gasteiger partial charge in [0.2, 0.25) is 0 Å². The van der Waals surface area contributed by atoms with Crippen LogP contribution in [0, 0.1) is 0 Å². The first-order valence-electron chi connectivity index (χ1n) is 4.73. The van der Waals surface area contributed by atoms with E-state index in [0.29, 0.717) is 12.7 Å². The van der Waals surface area contributed by atoms with Crippen LogP contribution in [0.5, 0.6) is 0 Å². The molecule has 0 bridgehead atoms. The van der Waals surface area contributed by atoms with Gasteiger partial charge < -0.3 is 9.84 Å². The molecule has 1 heterocycles. The Morgan fingerprint density at radius 1 is 1.42 bits per heavy atom. The average molecular weight is 190 g/mol.